The van der Waals surface area contributed by atoms with E-state index in [0.717, 1.165) is 5.56 Å². The molecule has 1 aliphatic rings. The summed E-state index contributed by atoms with van der Waals surface area (Å²) in [5.74, 6) is -1.35. The molecule has 3 aromatic rings. The third kappa shape index (κ3) is 3.68. The Labute approximate surface area is 184 Å². The first-order valence-electron chi connectivity index (χ1n) is 10.4. The van der Waals surface area contributed by atoms with Gasteiger partial charge in [0, 0.05) is 12.1 Å². The molecule has 8 heteroatoms. The van der Waals surface area contributed by atoms with Gasteiger partial charge in [-0.2, -0.15) is 5.10 Å². The summed E-state index contributed by atoms with van der Waals surface area (Å²) >= 11 is 0. The molecule has 2 heterocycles. The molecule has 32 heavy (non-hydrogen) atoms. The summed E-state index contributed by atoms with van der Waals surface area (Å²) in [6, 6.07) is 13.3. The normalized spacial score (nSPS) is 18.3. The zero-order valence-electron chi connectivity index (χ0n) is 17.8. The monoisotopic (exact) mass is 434 g/mol. The molecule has 1 unspecified atom stereocenters. The van der Waals surface area contributed by atoms with E-state index in [4.69, 9.17) is 0 Å². The lowest BCUT2D eigenvalue weighted by molar-refractivity contribution is -0.138. The minimum absolute atomic E-state index is 0.255. The summed E-state index contributed by atoms with van der Waals surface area (Å²) < 4.78 is 15.5. The van der Waals surface area contributed by atoms with Gasteiger partial charge in [0.1, 0.15) is 11.5 Å². The van der Waals surface area contributed by atoms with Gasteiger partial charge in [0.05, 0.1) is 22.9 Å². The highest BCUT2D eigenvalue weighted by atomic mass is 19.1. The van der Waals surface area contributed by atoms with Gasteiger partial charge in [-0.3, -0.25) is 19.7 Å². The number of aromatic nitrogens is 2. The molecule has 7 nitrogen and oxygen atoms in total. The van der Waals surface area contributed by atoms with Crippen molar-refractivity contribution in [1.29, 1.82) is 0 Å². The maximum absolute atomic E-state index is 14.1. The number of anilines is 1. The standard InChI is InChI=1S/C24H23FN4O3/c1-3-24(13-12-21(30)28-23(24)32)16-8-10-17(11-9-16)27-22(31)18-14-26-29(15(18)2)20-7-5-4-6-19(20)25/h4-11,14H,3,12-13H2,1-2H3,(H,27,31)(H,28,30,32). The van der Waals surface area contributed by atoms with Crippen molar-refractivity contribution in [2.75, 3.05) is 5.32 Å². The first kappa shape index (κ1) is 21.4. The maximum atomic E-state index is 14.1. The van der Waals surface area contributed by atoms with Gasteiger partial charge in [0.2, 0.25) is 11.8 Å². The molecule has 164 valence electrons. The lowest BCUT2D eigenvalue weighted by Crippen LogP contribution is -2.51. The Morgan fingerprint density at radius 2 is 1.91 bits per heavy atom. The second-order valence-electron chi connectivity index (χ2n) is 7.85. The predicted molar refractivity (Wildman–Crippen MR) is 117 cm³/mol. The molecule has 1 fully saturated rings. The summed E-state index contributed by atoms with van der Waals surface area (Å²) in [5.41, 5.74) is 1.70. The smallest absolute Gasteiger partial charge is 0.259 e. The fraction of sp³-hybridized carbons (Fsp3) is 0.250. The van der Waals surface area contributed by atoms with Crippen LogP contribution in [0.15, 0.2) is 54.7 Å². The van der Waals surface area contributed by atoms with Crippen LogP contribution in [0.1, 0.15) is 47.8 Å². The predicted octanol–water partition coefficient (Wildman–Crippen LogP) is 3.66. The Hall–Kier alpha value is -3.81. The van der Waals surface area contributed by atoms with Crippen LogP contribution in [0.25, 0.3) is 5.69 Å². The molecule has 1 saturated heterocycles. The fourth-order valence-corrected chi connectivity index (χ4v) is 4.14. The first-order valence-corrected chi connectivity index (χ1v) is 10.4. The van der Waals surface area contributed by atoms with Gasteiger partial charge in [-0.25, -0.2) is 9.07 Å². The van der Waals surface area contributed by atoms with E-state index in [0.29, 0.717) is 36.2 Å². The highest BCUT2D eigenvalue weighted by molar-refractivity contribution is 6.05. The Morgan fingerprint density at radius 1 is 1.19 bits per heavy atom. The van der Waals surface area contributed by atoms with Crippen LogP contribution in [0, 0.1) is 12.7 Å². The first-order chi connectivity index (χ1) is 15.4. The van der Waals surface area contributed by atoms with E-state index in [9.17, 15) is 18.8 Å². The van der Waals surface area contributed by atoms with E-state index in [1.54, 1.807) is 49.4 Å². The SMILES string of the molecule is CCC1(c2ccc(NC(=O)c3cnn(-c4ccccc4F)c3C)cc2)CCC(=O)NC1=O. The fourth-order valence-electron chi connectivity index (χ4n) is 4.14. The van der Waals surface area contributed by atoms with Crippen molar-refractivity contribution in [3.8, 4) is 5.69 Å². The van der Waals surface area contributed by atoms with Crippen LogP contribution < -0.4 is 10.6 Å². The van der Waals surface area contributed by atoms with Crippen LogP contribution in [0.3, 0.4) is 0 Å². The molecule has 0 aliphatic carbocycles. The van der Waals surface area contributed by atoms with E-state index in [2.05, 4.69) is 15.7 Å². The Morgan fingerprint density at radius 3 is 2.56 bits per heavy atom. The van der Waals surface area contributed by atoms with Crippen LogP contribution in [-0.4, -0.2) is 27.5 Å². The number of nitrogens with one attached hydrogen (secondary N) is 2. The zero-order chi connectivity index (χ0) is 22.9. The molecule has 3 amide bonds. The third-order valence-electron chi connectivity index (χ3n) is 6.10. The summed E-state index contributed by atoms with van der Waals surface area (Å²) in [4.78, 5) is 36.9. The number of halogens is 1. The minimum Gasteiger partial charge on any atom is -0.322 e. The van der Waals surface area contributed by atoms with Crippen LogP contribution in [0.5, 0.6) is 0 Å². The van der Waals surface area contributed by atoms with Gasteiger partial charge in [-0.15, -0.1) is 0 Å². The van der Waals surface area contributed by atoms with Crippen molar-refractivity contribution < 1.29 is 18.8 Å². The van der Waals surface area contributed by atoms with Crippen molar-refractivity contribution >= 4 is 23.4 Å². The van der Waals surface area contributed by atoms with Crippen molar-refractivity contribution in [2.45, 2.75) is 38.5 Å². The Kier molecular flexibility index (Phi) is 5.61. The number of hydrogen-bond acceptors (Lipinski definition) is 4. The molecule has 0 saturated carbocycles. The number of imide groups is 1. The van der Waals surface area contributed by atoms with Crippen molar-refractivity contribution in [2.24, 2.45) is 0 Å². The largest absolute Gasteiger partial charge is 0.322 e. The number of para-hydroxylation sites is 1. The van der Waals surface area contributed by atoms with E-state index < -0.39 is 11.2 Å². The molecule has 1 aromatic heterocycles. The average Bonchev–Trinajstić information content (AvgIpc) is 3.16. The number of benzene rings is 2. The lowest BCUT2D eigenvalue weighted by Gasteiger charge is -2.35. The van der Waals surface area contributed by atoms with Crippen LogP contribution >= 0.6 is 0 Å². The molecule has 1 atom stereocenters. The minimum atomic E-state index is -0.756. The molecule has 0 radical (unpaired) electrons. The Bertz CT molecular complexity index is 1200. The second kappa shape index (κ2) is 8.37. The van der Waals surface area contributed by atoms with Crippen LogP contribution in [0.2, 0.25) is 0 Å². The number of carbonyl (C=O) groups is 3. The second-order valence-corrected chi connectivity index (χ2v) is 7.85. The summed E-state index contributed by atoms with van der Waals surface area (Å²) in [6.45, 7) is 3.62. The number of carbonyl (C=O) groups excluding carboxylic acids is 3. The van der Waals surface area contributed by atoms with Crippen molar-refractivity contribution in [3.63, 3.8) is 0 Å². The summed E-state index contributed by atoms with van der Waals surface area (Å²) in [5, 5.41) is 9.41. The molecule has 0 bridgehead atoms. The molecular weight excluding hydrogens is 411 g/mol. The molecule has 2 N–H and O–H groups in total. The van der Waals surface area contributed by atoms with E-state index in [1.165, 1.54) is 16.9 Å². The number of nitrogens with zero attached hydrogens (tertiary/aromatic N) is 2. The van der Waals surface area contributed by atoms with E-state index >= 15 is 0 Å². The highest BCUT2D eigenvalue weighted by Crippen LogP contribution is 2.36. The molecule has 2 aromatic carbocycles. The van der Waals surface area contributed by atoms with Gasteiger partial charge >= 0.3 is 0 Å². The summed E-state index contributed by atoms with van der Waals surface area (Å²) in [7, 11) is 0. The van der Waals surface area contributed by atoms with Gasteiger partial charge in [0.15, 0.2) is 0 Å². The van der Waals surface area contributed by atoms with Gasteiger partial charge in [-0.1, -0.05) is 31.2 Å². The zero-order valence-corrected chi connectivity index (χ0v) is 17.8. The Balaban J connectivity index is 1.53. The van der Waals surface area contributed by atoms with Crippen LogP contribution in [-0.2, 0) is 15.0 Å². The number of piperidine rings is 1. The third-order valence-corrected chi connectivity index (χ3v) is 6.10. The maximum Gasteiger partial charge on any atom is 0.259 e. The quantitative estimate of drug-likeness (QED) is 0.600. The van der Waals surface area contributed by atoms with E-state index in [1.807, 2.05) is 6.92 Å². The van der Waals surface area contributed by atoms with E-state index in [-0.39, 0.29) is 23.4 Å². The van der Waals surface area contributed by atoms with Crippen LogP contribution in [0.4, 0.5) is 10.1 Å². The topological polar surface area (TPSA) is 93.1 Å². The van der Waals surface area contributed by atoms with Crippen molar-refractivity contribution in [3.05, 3.63) is 77.4 Å². The lowest BCUT2D eigenvalue weighted by atomic mass is 9.72. The van der Waals surface area contributed by atoms with Crippen molar-refractivity contribution in [1.82, 2.24) is 15.1 Å². The number of rotatable bonds is 5. The van der Waals surface area contributed by atoms with Gasteiger partial charge < -0.3 is 5.32 Å². The molecule has 0 spiro atoms. The number of amides is 3. The molecular formula is C24H23FN4O3. The van der Waals surface area contributed by atoms with Gasteiger partial charge in [0.25, 0.3) is 5.91 Å². The molecule has 1 aliphatic heterocycles. The average molecular weight is 434 g/mol. The van der Waals surface area contributed by atoms with Gasteiger partial charge in [-0.05, 0) is 49.6 Å². The number of hydrogen-bond donors (Lipinski definition) is 2. The summed E-state index contributed by atoms with van der Waals surface area (Å²) in [6.07, 6.45) is 2.71. The highest BCUT2D eigenvalue weighted by Gasteiger charge is 2.42. The molecule has 4 rings (SSSR count).